The molecule has 1 atom stereocenters. The van der Waals surface area contributed by atoms with Crippen molar-refractivity contribution in [1.82, 2.24) is 14.5 Å². The summed E-state index contributed by atoms with van der Waals surface area (Å²) >= 11 is 6.51. The summed E-state index contributed by atoms with van der Waals surface area (Å²) in [6.07, 6.45) is 7.82. The van der Waals surface area contributed by atoms with E-state index >= 15 is 0 Å². The average Bonchev–Trinajstić information content (AvgIpc) is 2.91. The number of rotatable bonds is 6. The summed E-state index contributed by atoms with van der Waals surface area (Å²) < 4.78 is 10.3. The Hall–Kier alpha value is -0.279. The van der Waals surface area contributed by atoms with E-state index in [1.54, 1.807) is 0 Å². The molecule has 0 bridgehead atoms. The molecular formula is C13H16ClIrN4O3Tl. The molecule has 2 rings (SSSR count). The van der Waals surface area contributed by atoms with Crippen molar-refractivity contribution in [1.29, 1.82) is 0 Å². The van der Waals surface area contributed by atoms with Gasteiger partial charge in [-0.05, 0) is 0 Å². The molecule has 2 heterocycles. The minimum atomic E-state index is -0.979. The van der Waals surface area contributed by atoms with Gasteiger partial charge in [-0.15, -0.1) is 0 Å². The first-order valence-electron chi connectivity index (χ1n) is 6.22. The predicted octanol–water partition coefficient (Wildman–Crippen LogP) is 0.154. The fourth-order valence-electron chi connectivity index (χ4n) is 2.05. The van der Waals surface area contributed by atoms with Crippen LogP contribution in [0.3, 0.4) is 0 Å². The molecule has 125 valence electrons. The van der Waals surface area contributed by atoms with E-state index in [2.05, 4.69) is 19.0 Å². The van der Waals surface area contributed by atoms with Crippen molar-refractivity contribution in [3.8, 4) is 12.3 Å². The van der Waals surface area contributed by atoms with Gasteiger partial charge in [0.2, 0.25) is 0 Å². The summed E-state index contributed by atoms with van der Waals surface area (Å²) in [5.41, 5.74) is -0.244. The minimum Gasteiger partial charge on any atom is -0.412 e. The van der Waals surface area contributed by atoms with Gasteiger partial charge in [0, 0.05) is 20.1 Å². The number of terminal acetylenes is 1. The second kappa shape index (κ2) is 9.88. The van der Waals surface area contributed by atoms with Crippen molar-refractivity contribution in [2.24, 2.45) is 0 Å². The molecule has 4 N–H and O–H groups in total. The van der Waals surface area contributed by atoms with E-state index in [4.69, 9.17) is 22.8 Å². The molecule has 0 spiro atoms. The van der Waals surface area contributed by atoms with Gasteiger partial charge in [-0.25, -0.2) is 0 Å². The molecule has 7 nitrogen and oxygen atoms in total. The standard InChI is InChI=1S/C13H14ClN4O2.Ir.H2O.Tl/c1-3-13(8-19,20-2)5-7-18-6-4-9-10(15)16-12(14)17-11(9)18;;;/h1,4,6,19H,5,7-8H2,2H3,(H-,15,16,17);;1H2;/q-1;;;+1. The molecule has 0 saturated carbocycles. The molecule has 23 heavy (non-hydrogen) atoms. The third-order valence-electron chi connectivity index (χ3n) is 3.39. The van der Waals surface area contributed by atoms with Crippen molar-refractivity contribution in [3.63, 3.8) is 0 Å². The number of aromatic nitrogens is 3. The van der Waals surface area contributed by atoms with Gasteiger partial charge in [0.25, 0.3) is 0 Å². The third kappa shape index (κ3) is 4.85. The molecule has 0 aliphatic heterocycles. The van der Waals surface area contributed by atoms with Crippen molar-refractivity contribution in [2.45, 2.75) is 18.6 Å². The minimum absolute atomic E-state index is 0. The summed E-state index contributed by atoms with van der Waals surface area (Å²) in [4.78, 5) is 8.43. The quantitative estimate of drug-likeness (QED) is 0.253. The number of anilines is 1. The summed E-state index contributed by atoms with van der Waals surface area (Å²) in [5.74, 6) is 3.25. The Labute approximate surface area is 168 Å². The van der Waals surface area contributed by atoms with Gasteiger partial charge >= 0.3 is 144 Å². The number of aryl methyl sites for hydroxylation is 1. The zero-order valence-electron chi connectivity index (χ0n) is 12.3. The molecule has 1 radical (unpaired) electrons. The second-order valence-corrected chi connectivity index (χ2v) is 5.94. The molecule has 0 fully saturated rings. The molecule has 0 saturated heterocycles. The van der Waals surface area contributed by atoms with E-state index in [0.29, 0.717) is 39.0 Å². The van der Waals surface area contributed by atoms with E-state index in [1.807, 2.05) is 16.8 Å². The molecule has 1 unspecified atom stereocenters. The summed E-state index contributed by atoms with van der Waals surface area (Å²) in [6, 6.07) is 1.93. The van der Waals surface area contributed by atoms with Gasteiger partial charge in [-0.3, -0.25) is 0 Å². The largest absolute Gasteiger partial charge is 0.412 e. The molecule has 2 aromatic rings. The van der Waals surface area contributed by atoms with Gasteiger partial charge in [0.05, 0.1) is 0 Å². The molecule has 0 aliphatic carbocycles. The monoisotopic (exact) mass is 709 g/mol. The first-order valence-corrected chi connectivity index (χ1v) is 8.84. The van der Waals surface area contributed by atoms with Crippen molar-refractivity contribution >= 4 is 54.5 Å². The molecule has 0 aromatic carbocycles. The Morgan fingerprint density at radius 1 is 1.57 bits per heavy atom. The van der Waals surface area contributed by atoms with Crippen LogP contribution in [0.1, 0.15) is 6.42 Å². The number of hydrogen-bond acceptors (Lipinski definition) is 5. The summed E-state index contributed by atoms with van der Waals surface area (Å²) in [6.45, 7) is 0.321. The van der Waals surface area contributed by atoms with E-state index in [0.717, 1.165) is 16.9 Å². The van der Waals surface area contributed by atoms with Crippen LogP contribution in [0.25, 0.3) is 11.0 Å². The SMILES string of the molecule is C#CC(CO)(CCn1ccc2c([NH][Tl])nc(Cl)nc21)OC.O.[Ir]. The number of aliphatic hydroxyl groups excluding tert-OH is 1. The van der Waals surface area contributed by atoms with Crippen LogP contribution in [0.15, 0.2) is 12.3 Å². The number of methoxy groups -OCH3 is 1. The average molecular weight is 708 g/mol. The van der Waals surface area contributed by atoms with Gasteiger partial charge in [-0.1, -0.05) is 0 Å². The molecule has 0 aliphatic rings. The van der Waals surface area contributed by atoms with Crippen LogP contribution < -0.4 is 3.13 Å². The predicted molar refractivity (Wildman–Crippen MR) is 85.8 cm³/mol. The van der Waals surface area contributed by atoms with E-state index < -0.39 is 5.60 Å². The summed E-state index contributed by atoms with van der Waals surface area (Å²) in [5, 5.41) is 10.5. The van der Waals surface area contributed by atoms with Gasteiger partial charge in [0.15, 0.2) is 0 Å². The Bertz CT molecular complexity index is 688. The Balaban J connectivity index is 0.00000242. The normalized spacial score (nSPS) is 12.6. The van der Waals surface area contributed by atoms with Crippen LogP contribution in [-0.2, 0) is 31.4 Å². The molecule has 0 amide bonds. The number of ether oxygens (including phenoxy) is 1. The van der Waals surface area contributed by atoms with Crippen LogP contribution in [0, 0.1) is 12.3 Å². The van der Waals surface area contributed by atoms with E-state index in [-0.39, 0.29) is 37.5 Å². The molecule has 10 heteroatoms. The van der Waals surface area contributed by atoms with Crippen LogP contribution in [0.2, 0.25) is 5.28 Å². The fourth-order valence-corrected chi connectivity index (χ4v) is 3.07. The van der Waals surface area contributed by atoms with Crippen LogP contribution >= 0.6 is 11.6 Å². The smallest absolute Gasteiger partial charge is 0 e. The Morgan fingerprint density at radius 3 is 2.78 bits per heavy atom. The molecule has 2 aromatic heterocycles. The number of nitrogens with zero attached hydrogens (tertiary/aromatic N) is 3. The number of halogens is 1. The number of fused-ring (bicyclic) bond motifs is 1. The molecular weight excluding hydrogens is 692 g/mol. The maximum atomic E-state index is 9.42. The third-order valence-corrected chi connectivity index (χ3v) is 4.63. The number of hydrogen-bond donors (Lipinski definition) is 2. The van der Waals surface area contributed by atoms with Crippen LogP contribution in [0.5, 0.6) is 0 Å². The zero-order valence-corrected chi connectivity index (χ0v) is 20.0. The first kappa shape index (κ1) is 22.7. The first-order chi connectivity index (χ1) is 10.1. The topological polar surface area (TPSA) is 104 Å². The zero-order chi connectivity index (χ0) is 15.5. The maximum Gasteiger partial charge on any atom is 0 e. The van der Waals surface area contributed by atoms with Gasteiger partial charge < -0.3 is 5.48 Å². The fraction of sp³-hybridized carbons (Fsp3) is 0.385. The van der Waals surface area contributed by atoms with E-state index in [1.165, 1.54) is 7.11 Å². The van der Waals surface area contributed by atoms with Gasteiger partial charge in [0.1, 0.15) is 0 Å². The van der Waals surface area contributed by atoms with Crippen molar-refractivity contribution in [2.75, 3.05) is 16.8 Å². The van der Waals surface area contributed by atoms with Crippen LogP contribution in [0.4, 0.5) is 5.82 Å². The Morgan fingerprint density at radius 2 is 2.26 bits per heavy atom. The second-order valence-electron chi connectivity index (χ2n) is 4.48. The van der Waals surface area contributed by atoms with Crippen LogP contribution in [-0.4, -0.2) is 70.5 Å². The maximum absolute atomic E-state index is 9.42. The Kier molecular flexibility index (Phi) is 9.76. The number of nitrogens with one attached hydrogen (secondary N) is 1. The van der Waals surface area contributed by atoms with Gasteiger partial charge in [-0.2, -0.15) is 0 Å². The van der Waals surface area contributed by atoms with Crippen molar-refractivity contribution in [3.05, 3.63) is 17.5 Å². The van der Waals surface area contributed by atoms with E-state index in [9.17, 15) is 5.11 Å². The summed E-state index contributed by atoms with van der Waals surface area (Å²) in [7, 11) is 1.49. The number of aliphatic hydroxyl groups is 1. The van der Waals surface area contributed by atoms with Crippen molar-refractivity contribution < 1.29 is 35.4 Å².